The summed E-state index contributed by atoms with van der Waals surface area (Å²) >= 11 is 0. The van der Waals surface area contributed by atoms with Crippen molar-refractivity contribution in [3.05, 3.63) is 35.4 Å². The first-order valence-electron chi connectivity index (χ1n) is 14.3. The molecule has 0 amide bonds. The predicted octanol–water partition coefficient (Wildman–Crippen LogP) is 3.14. The zero-order chi connectivity index (χ0) is 31.2. The molecular weight excluding hydrogens is 612 g/mol. The van der Waals surface area contributed by atoms with Gasteiger partial charge in [0.15, 0.2) is 23.0 Å². The van der Waals surface area contributed by atoms with E-state index >= 15 is 0 Å². The Hall–Kier alpha value is -3.65. The molecule has 14 heteroatoms. The van der Waals surface area contributed by atoms with Crippen LogP contribution in [0.25, 0.3) is 0 Å². The zero-order valence-electron chi connectivity index (χ0n) is 27.0. The van der Waals surface area contributed by atoms with Crippen LogP contribution in [0.15, 0.2) is 24.3 Å². The second-order valence-corrected chi connectivity index (χ2v) is 9.84. The lowest BCUT2D eigenvalue weighted by Crippen LogP contribution is -2.32. The molecule has 1 aliphatic heterocycles. The van der Waals surface area contributed by atoms with Crippen molar-refractivity contribution >= 4 is 24.3 Å². The summed E-state index contributed by atoms with van der Waals surface area (Å²) in [6.45, 7) is 6.10. The molecule has 1 fully saturated rings. The van der Waals surface area contributed by atoms with Gasteiger partial charge in [-0.25, -0.2) is 9.59 Å². The molecule has 0 spiro atoms. The molecule has 2 aromatic carbocycles. The van der Waals surface area contributed by atoms with Gasteiger partial charge in [-0.3, -0.25) is 0 Å². The van der Waals surface area contributed by atoms with E-state index in [0.29, 0.717) is 58.8 Å². The monoisotopic (exact) mass is 658 g/mol. The Labute approximate surface area is 271 Å². The standard InChI is InChI=1S/C31H44N2O10.ClH.H2O/c1-36-24-18-22(19-25(37-2)28(24)40-5)30(34)42-16-8-12-32-10-7-11-33(15-14-32)13-9-17-43-31(35)23-20-26(38-3)29(41-6)27(21-23)39-4;;/h18-21H,7-17H2,1-6H3;1H;1H2. The maximum absolute atomic E-state index is 12.6. The fourth-order valence-corrected chi connectivity index (χ4v) is 4.94. The molecule has 254 valence electrons. The largest absolute Gasteiger partial charge is 0.493 e. The fourth-order valence-electron chi connectivity index (χ4n) is 4.94. The topological polar surface area (TPSA) is 146 Å². The van der Waals surface area contributed by atoms with Gasteiger partial charge >= 0.3 is 11.9 Å². The third kappa shape index (κ3) is 11.0. The van der Waals surface area contributed by atoms with Crippen LogP contribution in [0.3, 0.4) is 0 Å². The summed E-state index contributed by atoms with van der Waals surface area (Å²) in [6.07, 6.45) is 2.50. The van der Waals surface area contributed by atoms with E-state index in [1.54, 1.807) is 24.3 Å². The van der Waals surface area contributed by atoms with Crippen LogP contribution in [0.2, 0.25) is 0 Å². The van der Waals surface area contributed by atoms with Gasteiger partial charge in [0, 0.05) is 26.2 Å². The number of benzene rings is 2. The van der Waals surface area contributed by atoms with Crippen molar-refractivity contribution in [2.45, 2.75) is 19.3 Å². The first-order valence-corrected chi connectivity index (χ1v) is 14.3. The average Bonchev–Trinajstić information content (AvgIpc) is 3.28. The van der Waals surface area contributed by atoms with Crippen LogP contribution in [0, 0.1) is 0 Å². The lowest BCUT2D eigenvalue weighted by Gasteiger charge is -2.21. The summed E-state index contributed by atoms with van der Waals surface area (Å²) in [7, 11) is 9.04. The van der Waals surface area contributed by atoms with Gasteiger partial charge < -0.3 is 53.2 Å². The normalized spacial score (nSPS) is 13.3. The van der Waals surface area contributed by atoms with Crippen molar-refractivity contribution in [3.8, 4) is 34.5 Å². The molecular formula is C31H47ClN2O11. The Morgan fingerprint density at radius 3 is 1.20 bits per heavy atom. The van der Waals surface area contributed by atoms with Gasteiger partial charge in [-0.15, -0.1) is 12.4 Å². The van der Waals surface area contributed by atoms with Gasteiger partial charge in [0.05, 0.1) is 67.0 Å². The minimum absolute atomic E-state index is 0. The van der Waals surface area contributed by atoms with Crippen LogP contribution in [0.1, 0.15) is 40.0 Å². The van der Waals surface area contributed by atoms with Crippen molar-refractivity contribution in [1.29, 1.82) is 0 Å². The molecule has 0 unspecified atom stereocenters. The zero-order valence-corrected chi connectivity index (χ0v) is 27.8. The molecule has 1 aliphatic rings. The third-order valence-electron chi connectivity index (χ3n) is 7.19. The SMILES string of the molecule is COc1cc(C(=O)OCCCN2CCCN(CCCOC(=O)c3cc(OC)c(OC)c(OC)c3)CC2)cc(OC)c1OC.Cl.O. The van der Waals surface area contributed by atoms with Crippen molar-refractivity contribution in [2.75, 3.05) is 95.1 Å². The molecule has 13 nitrogen and oxygen atoms in total. The molecule has 0 aromatic heterocycles. The molecule has 2 aromatic rings. The maximum Gasteiger partial charge on any atom is 0.338 e. The number of carbonyl (C=O) groups excluding carboxylic acids is 2. The van der Waals surface area contributed by atoms with E-state index in [4.69, 9.17) is 37.9 Å². The van der Waals surface area contributed by atoms with E-state index in [1.165, 1.54) is 42.7 Å². The van der Waals surface area contributed by atoms with Gasteiger partial charge in [-0.05, 0) is 56.6 Å². The van der Waals surface area contributed by atoms with Crippen molar-refractivity contribution < 1.29 is 53.0 Å². The second-order valence-electron chi connectivity index (χ2n) is 9.84. The maximum atomic E-state index is 12.6. The number of methoxy groups -OCH3 is 6. The summed E-state index contributed by atoms with van der Waals surface area (Å²) < 4.78 is 42.9. The molecule has 0 radical (unpaired) electrons. The van der Waals surface area contributed by atoms with Crippen molar-refractivity contribution in [3.63, 3.8) is 0 Å². The number of rotatable bonds is 16. The second kappa shape index (κ2) is 20.4. The minimum Gasteiger partial charge on any atom is -0.493 e. The van der Waals surface area contributed by atoms with Gasteiger partial charge in [-0.1, -0.05) is 0 Å². The summed E-state index contributed by atoms with van der Waals surface area (Å²) in [5.41, 5.74) is 0.683. The van der Waals surface area contributed by atoms with Crippen molar-refractivity contribution in [1.82, 2.24) is 9.80 Å². The number of ether oxygens (including phenoxy) is 8. The highest BCUT2D eigenvalue weighted by molar-refractivity contribution is 5.91. The number of halogens is 1. The van der Waals surface area contributed by atoms with E-state index in [2.05, 4.69) is 9.80 Å². The van der Waals surface area contributed by atoms with Crippen LogP contribution >= 0.6 is 12.4 Å². The molecule has 45 heavy (non-hydrogen) atoms. The van der Waals surface area contributed by atoms with E-state index in [-0.39, 0.29) is 17.9 Å². The Balaban J connectivity index is 0.00000506. The van der Waals surface area contributed by atoms with Crippen LogP contribution in [0.5, 0.6) is 34.5 Å². The molecule has 3 rings (SSSR count). The fraction of sp³-hybridized carbons (Fsp3) is 0.548. The number of hydrogen-bond donors (Lipinski definition) is 0. The molecule has 0 bridgehead atoms. The Morgan fingerprint density at radius 2 is 0.911 bits per heavy atom. The lowest BCUT2D eigenvalue weighted by atomic mass is 10.2. The van der Waals surface area contributed by atoms with Crippen LogP contribution < -0.4 is 28.4 Å². The van der Waals surface area contributed by atoms with Crippen LogP contribution in [0.4, 0.5) is 0 Å². The van der Waals surface area contributed by atoms with Gasteiger partial charge in [0.25, 0.3) is 0 Å². The molecule has 1 heterocycles. The van der Waals surface area contributed by atoms with E-state index < -0.39 is 11.9 Å². The first-order chi connectivity index (χ1) is 20.9. The van der Waals surface area contributed by atoms with Gasteiger partial charge in [0.2, 0.25) is 11.5 Å². The summed E-state index contributed by atoms with van der Waals surface area (Å²) in [5, 5.41) is 0. The molecule has 1 saturated heterocycles. The van der Waals surface area contributed by atoms with E-state index in [1.807, 2.05) is 0 Å². The number of nitrogens with zero attached hydrogens (tertiary/aromatic N) is 2. The highest BCUT2D eigenvalue weighted by atomic mass is 35.5. The Bertz CT molecular complexity index is 1070. The number of hydrogen-bond acceptors (Lipinski definition) is 12. The minimum atomic E-state index is -0.438. The average molecular weight is 659 g/mol. The smallest absolute Gasteiger partial charge is 0.338 e. The van der Waals surface area contributed by atoms with Gasteiger partial charge in [0.1, 0.15) is 0 Å². The number of esters is 2. The van der Waals surface area contributed by atoms with E-state index in [9.17, 15) is 9.59 Å². The summed E-state index contributed by atoms with van der Waals surface area (Å²) in [6, 6.07) is 6.34. The number of carbonyl (C=O) groups is 2. The Morgan fingerprint density at radius 1 is 0.578 bits per heavy atom. The highest BCUT2D eigenvalue weighted by Gasteiger charge is 2.20. The van der Waals surface area contributed by atoms with Crippen LogP contribution in [-0.2, 0) is 9.47 Å². The predicted molar refractivity (Wildman–Crippen MR) is 170 cm³/mol. The highest BCUT2D eigenvalue weighted by Crippen LogP contribution is 2.39. The third-order valence-corrected chi connectivity index (χ3v) is 7.19. The van der Waals surface area contributed by atoms with Gasteiger partial charge in [-0.2, -0.15) is 0 Å². The molecule has 2 N–H and O–H groups in total. The van der Waals surface area contributed by atoms with E-state index in [0.717, 1.165) is 58.5 Å². The summed E-state index contributed by atoms with van der Waals surface area (Å²) in [5.74, 6) is 1.58. The Kier molecular flexibility index (Phi) is 17.8. The van der Waals surface area contributed by atoms with Crippen molar-refractivity contribution in [2.24, 2.45) is 0 Å². The first kappa shape index (κ1) is 39.4. The quantitative estimate of drug-likeness (QED) is 0.193. The van der Waals surface area contributed by atoms with Crippen LogP contribution in [-0.4, -0.2) is 122 Å². The summed E-state index contributed by atoms with van der Waals surface area (Å²) in [4.78, 5) is 30.0. The molecule has 0 saturated carbocycles. The molecule has 0 atom stereocenters. The lowest BCUT2D eigenvalue weighted by molar-refractivity contribution is 0.0475. The molecule has 0 aliphatic carbocycles.